The van der Waals surface area contributed by atoms with Gasteiger partial charge in [-0.15, -0.1) is 0 Å². The van der Waals surface area contributed by atoms with Crippen LogP contribution in [0, 0.1) is 5.92 Å². The molecule has 6 heteroatoms. The van der Waals surface area contributed by atoms with Crippen molar-refractivity contribution >= 4 is 33.5 Å². The van der Waals surface area contributed by atoms with Gasteiger partial charge < -0.3 is 15.2 Å². The maximum Gasteiger partial charge on any atom is 0.335 e. The highest BCUT2D eigenvalue weighted by atomic mass is 79.9. The number of nitrogens with one attached hydrogen (secondary N) is 1. The van der Waals surface area contributed by atoms with E-state index >= 15 is 0 Å². The number of ether oxygens (including phenoxy) is 1. The van der Waals surface area contributed by atoms with E-state index in [-0.39, 0.29) is 11.5 Å². The molecule has 0 fully saturated rings. The Morgan fingerprint density at radius 3 is 2.29 bits per heavy atom. The quantitative estimate of drug-likeness (QED) is 0.763. The summed E-state index contributed by atoms with van der Waals surface area (Å²) in [4.78, 5) is 23.1. The molecule has 24 heavy (non-hydrogen) atoms. The fourth-order valence-electron chi connectivity index (χ4n) is 1.91. The third-order valence-corrected chi connectivity index (χ3v) is 3.78. The standard InChI is InChI=1S/C18H18BrNO4/c1-11(2)10-24-16-8-5-13(9-15(16)19)17(21)20-14-6-3-12(4-7-14)18(22)23/h3-9,11H,10H2,1-2H3,(H,20,21)(H,22,23). The van der Waals surface area contributed by atoms with E-state index < -0.39 is 5.97 Å². The van der Waals surface area contributed by atoms with Crippen LogP contribution in [-0.4, -0.2) is 23.6 Å². The van der Waals surface area contributed by atoms with Gasteiger partial charge in [0.1, 0.15) is 5.75 Å². The second-order valence-corrected chi connectivity index (χ2v) is 6.54. The van der Waals surface area contributed by atoms with Gasteiger partial charge in [0.25, 0.3) is 5.91 Å². The van der Waals surface area contributed by atoms with Crippen LogP contribution in [0.4, 0.5) is 5.69 Å². The number of aromatic carboxylic acids is 1. The minimum Gasteiger partial charge on any atom is -0.492 e. The van der Waals surface area contributed by atoms with Crippen molar-refractivity contribution in [2.75, 3.05) is 11.9 Å². The number of hydrogen-bond donors (Lipinski definition) is 2. The lowest BCUT2D eigenvalue weighted by Crippen LogP contribution is -2.12. The number of carboxylic acids is 1. The van der Waals surface area contributed by atoms with E-state index in [0.29, 0.717) is 34.0 Å². The van der Waals surface area contributed by atoms with Crippen LogP contribution in [-0.2, 0) is 0 Å². The summed E-state index contributed by atoms with van der Waals surface area (Å²) in [5, 5.41) is 11.6. The zero-order valence-corrected chi connectivity index (χ0v) is 15.0. The van der Waals surface area contributed by atoms with Crippen LogP contribution >= 0.6 is 15.9 Å². The molecule has 0 saturated heterocycles. The number of carbonyl (C=O) groups excluding carboxylic acids is 1. The molecule has 0 aliphatic carbocycles. The predicted octanol–water partition coefficient (Wildman–Crippen LogP) is 4.43. The van der Waals surface area contributed by atoms with Gasteiger partial charge in [0.05, 0.1) is 16.6 Å². The van der Waals surface area contributed by atoms with Crippen molar-refractivity contribution in [3.8, 4) is 5.75 Å². The number of halogens is 1. The van der Waals surface area contributed by atoms with Crippen LogP contribution in [0.1, 0.15) is 34.6 Å². The first kappa shape index (κ1) is 18.0. The Bertz CT molecular complexity index is 741. The Hall–Kier alpha value is -2.34. The summed E-state index contributed by atoms with van der Waals surface area (Å²) in [7, 11) is 0. The van der Waals surface area contributed by atoms with Crippen molar-refractivity contribution in [2.24, 2.45) is 5.92 Å². The fraction of sp³-hybridized carbons (Fsp3) is 0.222. The molecule has 2 aromatic carbocycles. The SMILES string of the molecule is CC(C)COc1ccc(C(=O)Nc2ccc(C(=O)O)cc2)cc1Br. The lowest BCUT2D eigenvalue weighted by molar-refractivity contribution is 0.0696. The van der Waals surface area contributed by atoms with Gasteiger partial charge in [-0.3, -0.25) is 4.79 Å². The van der Waals surface area contributed by atoms with Crippen LogP contribution in [0.15, 0.2) is 46.9 Å². The number of rotatable bonds is 6. The first-order chi connectivity index (χ1) is 11.4. The largest absolute Gasteiger partial charge is 0.492 e. The topological polar surface area (TPSA) is 75.6 Å². The Morgan fingerprint density at radius 1 is 1.12 bits per heavy atom. The Balaban J connectivity index is 2.06. The number of amides is 1. The number of carbonyl (C=O) groups is 2. The molecule has 0 atom stereocenters. The van der Waals surface area contributed by atoms with Crippen LogP contribution in [0.5, 0.6) is 5.75 Å². The summed E-state index contributed by atoms with van der Waals surface area (Å²) in [6, 6.07) is 11.1. The van der Waals surface area contributed by atoms with Gasteiger partial charge in [-0.25, -0.2) is 4.79 Å². The molecule has 2 rings (SSSR count). The highest BCUT2D eigenvalue weighted by Gasteiger charge is 2.11. The lowest BCUT2D eigenvalue weighted by atomic mass is 10.1. The molecule has 2 N–H and O–H groups in total. The maximum absolute atomic E-state index is 12.3. The Morgan fingerprint density at radius 2 is 1.75 bits per heavy atom. The molecule has 0 aliphatic rings. The summed E-state index contributed by atoms with van der Waals surface area (Å²) in [6.07, 6.45) is 0. The highest BCUT2D eigenvalue weighted by Crippen LogP contribution is 2.27. The van der Waals surface area contributed by atoms with E-state index in [1.165, 1.54) is 12.1 Å². The van der Waals surface area contributed by atoms with Crippen molar-refractivity contribution in [1.82, 2.24) is 0 Å². The zero-order chi connectivity index (χ0) is 17.7. The van der Waals surface area contributed by atoms with E-state index in [4.69, 9.17) is 9.84 Å². The van der Waals surface area contributed by atoms with E-state index in [9.17, 15) is 9.59 Å². The molecule has 0 saturated carbocycles. The molecule has 0 spiro atoms. The van der Waals surface area contributed by atoms with Gasteiger partial charge in [-0.2, -0.15) is 0 Å². The summed E-state index contributed by atoms with van der Waals surface area (Å²) in [5.41, 5.74) is 1.17. The van der Waals surface area contributed by atoms with Gasteiger partial charge in [0, 0.05) is 11.3 Å². The average Bonchev–Trinajstić information content (AvgIpc) is 2.54. The molecular weight excluding hydrogens is 374 g/mol. The van der Waals surface area contributed by atoms with Crippen LogP contribution in [0.2, 0.25) is 0 Å². The first-order valence-corrected chi connectivity index (χ1v) is 8.23. The average molecular weight is 392 g/mol. The molecule has 0 bridgehead atoms. The number of hydrogen-bond acceptors (Lipinski definition) is 3. The highest BCUT2D eigenvalue weighted by molar-refractivity contribution is 9.10. The Kier molecular flexibility index (Phi) is 5.98. The van der Waals surface area contributed by atoms with E-state index in [1.54, 1.807) is 30.3 Å². The van der Waals surface area contributed by atoms with Gasteiger partial charge in [-0.05, 0) is 64.3 Å². The number of anilines is 1. The van der Waals surface area contributed by atoms with Crippen molar-refractivity contribution < 1.29 is 19.4 Å². The molecule has 2 aromatic rings. The van der Waals surface area contributed by atoms with Gasteiger partial charge >= 0.3 is 5.97 Å². The second-order valence-electron chi connectivity index (χ2n) is 5.69. The normalized spacial score (nSPS) is 10.5. The molecule has 0 aromatic heterocycles. The third-order valence-electron chi connectivity index (χ3n) is 3.16. The number of benzene rings is 2. The molecule has 0 unspecified atom stereocenters. The third kappa shape index (κ3) is 4.83. The fourth-order valence-corrected chi connectivity index (χ4v) is 2.41. The second kappa shape index (κ2) is 7.97. The Labute approximate surface area is 148 Å². The predicted molar refractivity (Wildman–Crippen MR) is 95.8 cm³/mol. The van der Waals surface area contributed by atoms with Gasteiger partial charge in [0.15, 0.2) is 0 Å². The van der Waals surface area contributed by atoms with E-state index in [0.717, 1.165) is 0 Å². The van der Waals surface area contributed by atoms with Crippen molar-refractivity contribution in [3.05, 3.63) is 58.1 Å². The van der Waals surface area contributed by atoms with Crippen molar-refractivity contribution in [2.45, 2.75) is 13.8 Å². The summed E-state index contributed by atoms with van der Waals surface area (Å²) in [6.45, 7) is 4.72. The van der Waals surface area contributed by atoms with Crippen molar-refractivity contribution in [1.29, 1.82) is 0 Å². The van der Waals surface area contributed by atoms with Crippen LogP contribution in [0.3, 0.4) is 0 Å². The van der Waals surface area contributed by atoms with E-state index in [1.807, 2.05) is 0 Å². The zero-order valence-electron chi connectivity index (χ0n) is 13.4. The first-order valence-electron chi connectivity index (χ1n) is 7.44. The smallest absolute Gasteiger partial charge is 0.335 e. The van der Waals surface area contributed by atoms with Gasteiger partial charge in [0.2, 0.25) is 0 Å². The van der Waals surface area contributed by atoms with E-state index in [2.05, 4.69) is 35.1 Å². The summed E-state index contributed by atoms with van der Waals surface area (Å²) in [5.74, 6) is -0.192. The van der Waals surface area contributed by atoms with Crippen LogP contribution in [0.25, 0.3) is 0 Å². The molecular formula is C18H18BrNO4. The monoisotopic (exact) mass is 391 g/mol. The molecule has 0 aliphatic heterocycles. The van der Waals surface area contributed by atoms with Crippen molar-refractivity contribution in [3.63, 3.8) is 0 Å². The van der Waals surface area contributed by atoms with Crippen LogP contribution < -0.4 is 10.1 Å². The number of carboxylic acid groups (broad SMARTS) is 1. The summed E-state index contributed by atoms with van der Waals surface area (Å²) < 4.78 is 6.36. The maximum atomic E-state index is 12.3. The van der Waals surface area contributed by atoms with Gasteiger partial charge in [-0.1, -0.05) is 13.8 Å². The molecule has 1 amide bonds. The molecule has 5 nitrogen and oxygen atoms in total. The molecule has 0 radical (unpaired) electrons. The lowest BCUT2D eigenvalue weighted by Gasteiger charge is -2.11. The minimum atomic E-state index is -1.01. The molecule has 126 valence electrons. The molecule has 0 heterocycles. The summed E-state index contributed by atoms with van der Waals surface area (Å²) >= 11 is 3.41. The minimum absolute atomic E-state index is 0.169.